The van der Waals surface area contributed by atoms with E-state index in [2.05, 4.69) is 0 Å². The van der Waals surface area contributed by atoms with E-state index in [4.69, 9.17) is 4.74 Å². The molecule has 0 radical (unpaired) electrons. The number of ether oxygens (including phenoxy) is 1. The molecule has 0 aromatic heterocycles. The van der Waals surface area contributed by atoms with E-state index in [0.29, 0.717) is 25.4 Å². The van der Waals surface area contributed by atoms with Crippen LogP contribution >= 0.6 is 0 Å². The largest absolute Gasteiger partial charge is 0.371 e. The van der Waals surface area contributed by atoms with Crippen molar-refractivity contribution in [2.75, 3.05) is 30.9 Å². The minimum Gasteiger partial charge on any atom is -0.371 e. The van der Waals surface area contributed by atoms with Crippen molar-refractivity contribution in [3.05, 3.63) is 28.3 Å². The van der Waals surface area contributed by atoms with Gasteiger partial charge in [0, 0.05) is 19.3 Å². The molecule has 1 saturated heterocycles. The molecule has 0 atom stereocenters. The van der Waals surface area contributed by atoms with E-state index in [1.54, 1.807) is 12.1 Å². The molecule has 0 amide bonds. The van der Waals surface area contributed by atoms with Crippen LogP contribution < -0.4 is 4.90 Å². The number of nitro groups is 1. The van der Waals surface area contributed by atoms with Gasteiger partial charge in [-0.3, -0.25) is 10.1 Å². The summed E-state index contributed by atoms with van der Waals surface area (Å²) in [5, 5.41) is 11.5. The summed E-state index contributed by atoms with van der Waals surface area (Å²) in [5.41, 5.74) is -0.203. The van der Waals surface area contributed by atoms with Gasteiger partial charge in [-0.25, -0.2) is 8.42 Å². The molecule has 1 saturated carbocycles. The van der Waals surface area contributed by atoms with Crippen molar-refractivity contribution < 1.29 is 18.1 Å². The Balaban J connectivity index is 2.04. The van der Waals surface area contributed by atoms with Crippen LogP contribution in [-0.2, 0) is 14.6 Å². The lowest BCUT2D eigenvalue weighted by Crippen LogP contribution is -2.50. The van der Waals surface area contributed by atoms with E-state index in [1.807, 2.05) is 4.90 Å². The molecule has 0 bridgehead atoms. The van der Waals surface area contributed by atoms with Crippen molar-refractivity contribution in [3.8, 4) is 0 Å². The quantitative estimate of drug-likeness (QED) is 0.618. The Bertz CT molecular complexity index is 725. The lowest BCUT2D eigenvalue weighted by molar-refractivity contribution is -0.387. The van der Waals surface area contributed by atoms with Crippen molar-refractivity contribution in [1.29, 1.82) is 0 Å². The van der Waals surface area contributed by atoms with Crippen molar-refractivity contribution >= 4 is 21.2 Å². The van der Waals surface area contributed by atoms with Crippen LogP contribution in [0, 0.1) is 10.1 Å². The standard InChI is InChI=1S/C15H20N2O5S/c1-23(20,21)13-6-4-5-12(14(13)17(18)19)16-9-10-22-15(11-16)7-2-3-8-15/h4-6H,2-3,7-11H2,1H3. The molecule has 2 aliphatic rings. The molecule has 23 heavy (non-hydrogen) atoms. The Morgan fingerprint density at radius 3 is 2.61 bits per heavy atom. The van der Waals surface area contributed by atoms with Crippen LogP contribution in [-0.4, -0.2) is 44.9 Å². The van der Waals surface area contributed by atoms with Gasteiger partial charge in [0.15, 0.2) is 9.84 Å². The van der Waals surface area contributed by atoms with Crippen LogP contribution in [0.1, 0.15) is 25.7 Å². The van der Waals surface area contributed by atoms with Crippen LogP contribution in [0.5, 0.6) is 0 Å². The number of hydrogen-bond acceptors (Lipinski definition) is 6. The molecule has 8 heteroatoms. The highest BCUT2D eigenvalue weighted by Crippen LogP contribution is 2.40. The second-order valence-corrected chi connectivity index (χ2v) is 8.30. The van der Waals surface area contributed by atoms with Crippen molar-refractivity contribution in [2.45, 2.75) is 36.2 Å². The van der Waals surface area contributed by atoms with Crippen molar-refractivity contribution in [2.24, 2.45) is 0 Å². The fourth-order valence-electron chi connectivity index (χ4n) is 3.62. The van der Waals surface area contributed by atoms with E-state index in [0.717, 1.165) is 31.9 Å². The summed E-state index contributed by atoms with van der Waals surface area (Å²) in [6.45, 7) is 1.59. The molecule has 0 N–H and O–H groups in total. The van der Waals surface area contributed by atoms with Gasteiger partial charge in [-0.1, -0.05) is 18.9 Å². The first-order valence-corrected chi connectivity index (χ1v) is 9.58. The van der Waals surface area contributed by atoms with Gasteiger partial charge in [0.1, 0.15) is 10.6 Å². The first-order valence-electron chi connectivity index (χ1n) is 7.69. The van der Waals surface area contributed by atoms with E-state index >= 15 is 0 Å². The molecule has 1 aromatic rings. The number of nitro benzene ring substituents is 1. The average molecular weight is 340 g/mol. The highest BCUT2D eigenvalue weighted by molar-refractivity contribution is 7.90. The number of nitrogens with zero attached hydrogens (tertiary/aromatic N) is 2. The first-order chi connectivity index (χ1) is 10.8. The Morgan fingerprint density at radius 2 is 2.00 bits per heavy atom. The van der Waals surface area contributed by atoms with E-state index in [-0.39, 0.29) is 16.2 Å². The number of hydrogen-bond donors (Lipinski definition) is 0. The predicted octanol–water partition coefficient (Wildman–Crippen LogP) is 2.15. The summed E-state index contributed by atoms with van der Waals surface area (Å²) in [6.07, 6.45) is 5.08. The van der Waals surface area contributed by atoms with Crippen LogP contribution in [0.15, 0.2) is 23.1 Å². The maximum atomic E-state index is 11.9. The zero-order valence-electron chi connectivity index (χ0n) is 13.0. The zero-order valence-corrected chi connectivity index (χ0v) is 13.8. The summed E-state index contributed by atoms with van der Waals surface area (Å²) < 4.78 is 29.7. The number of benzene rings is 1. The lowest BCUT2D eigenvalue weighted by Gasteiger charge is -2.41. The Hall–Kier alpha value is -1.67. The third-order valence-corrected chi connectivity index (χ3v) is 5.79. The van der Waals surface area contributed by atoms with Gasteiger partial charge in [0.2, 0.25) is 0 Å². The molecule has 1 heterocycles. The summed E-state index contributed by atoms with van der Waals surface area (Å²) in [6, 6.07) is 4.49. The van der Waals surface area contributed by atoms with Crippen LogP contribution in [0.25, 0.3) is 0 Å². The molecule has 1 spiro atoms. The zero-order chi connectivity index (χ0) is 16.7. The van der Waals surface area contributed by atoms with Gasteiger partial charge in [-0.05, 0) is 25.0 Å². The summed E-state index contributed by atoms with van der Waals surface area (Å²) in [7, 11) is -3.67. The normalized spacial score (nSPS) is 20.8. The number of sulfone groups is 1. The van der Waals surface area contributed by atoms with Gasteiger partial charge in [-0.15, -0.1) is 0 Å². The van der Waals surface area contributed by atoms with Gasteiger partial charge in [-0.2, -0.15) is 0 Å². The highest BCUT2D eigenvalue weighted by Gasteiger charge is 2.41. The number of para-hydroxylation sites is 1. The Morgan fingerprint density at radius 1 is 1.30 bits per heavy atom. The molecule has 1 aliphatic carbocycles. The van der Waals surface area contributed by atoms with Gasteiger partial charge in [0.05, 0.1) is 17.1 Å². The number of anilines is 1. The summed E-state index contributed by atoms with van der Waals surface area (Å²) in [5.74, 6) is 0. The van der Waals surface area contributed by atoms with E-state index in [1.165, 1.54) is 6.07 Å². The Labute approximate surface area is 135 Å². The number of rotatable bonds is 3. The lowest BCUT2D eigenvalue weighted by atomic mass is 9.99. The van der Waals surface area contributed by atoms with E-state index in [9.17, 15) is 18.5 Å². The van der Waals surface area contributed by atoms with Gasteiger partial charge >= 0.3 is 5.69 Å². The molecule has 1 aliphatic heterocycles. The summed E-state index contributed by atoms with van der Waals surface area (Å²) in [4.78, 5) is 12.6. The maximum absolute atomic E-state index is 11.9. The molecule has 126 valence electrons. The maximum Gasteiger partial charge on any atom is 0.311 e. The van der Waals surface area contributed by atoms with Gasteiger partial charge < -0.3 is 9.64 Å². The molecular formula is C15H20N2O5S. The second-order valence-electron chi connectivity index (χ2n) is 6.31. The van der Waals surface area contributed by atoms with E-state index < -0.39 is 14.8 Å². The average Bonchev–Trinajstić information content (AvgIpc) is 2.93. The monoisotopic (exact) mass is 340 g/mol. The topological polar surface area (TPSA) is 89.8 Å². The second kappa shape index (κ2) is 5.76. The molecule has 3 rings (SSSR count). The fraction of sp³-hybridized carbons (Fsp3) is 0.600. The fourth-order valence-corrected chi connectivity index (χ4v) is 4.48. The molecule has 2 fully saturated rings. The smallest absolute Gasteiger partial charge is 0.311 e. The van der Waals surface area contributed by atoms with Gasteiger partial charge in [0.25, 0.3) is 0 Å². The molecular weight excluding hydrogens is 320 g/mol. The predicted molar refractivity (Wildman–Crippen MR) is 85.6 cm³/mol. The van der Waals surface area contributed by atoms with Crippen molar-refractivity contribution in [3.63, 3.8) is 0 Å². The van der Waals surface area contributed by atoms with Crippen molar-refractivity contribution in [1.82, 2.24) is 0 Å². The summed E-state index contributed by atoms with van der Waals surface area (Å²) >= 11 is 0. The SMILES string of the molecule is CS(=O)(=O)c1cccc(N2CCOC3(CCCC3)C2)c1[N+](=O)[O-]. The Kier molecular flexibility index (Phi) is 4.05. The van der Waals surface area contributed by atoms with Crippen LogP contribution in [0.2, 0.25) is 0 Å². The third-order valence-electron chi connectivity index (χ3n) is 4.66. The third kappa shape index (κ3) is 3.05. The molecule has 7 nitrogen and oxygen atoms in total. The molecule has 1 aromatic carbocycles. The molecule has 0 unspecified atom stereocenters. The minimum atomic E-state index is -3.67. The highest BCUT2D eigenvalue weighted by atomic mass is 32.2. The number of morpholine rings is 1. The minimum absolute atomic E-state index is 0.230. The first kappa shape index (κ1) is 16.2. The van der Waals surface area contributed by atoms with Crippen LogP contribution in [0.3, 0.4) is 0 Å². The van der Waals surface area contributed by atoms with Crippen LogP contribution in [0.4, 0.5) is 11.4 Å².